The molecular weight excluding hydrogens is 162 g/mol. The number of rotatable bonds is 1. The van der Waals surface area contributed by atoms with E-state index in [0.29, 0.717) is 10.8 Å². The molecule has 4 heteroatoms. The Morgan fingerprint density at radius 3 is 2.18 bits per heavy atom. The molecule has 0 unspecified atom stereocenters. The van der Waals surface area contributed by atoms with Crippen LogP contribution >= 0.6 is 11.6 Å². The van der Waals surface area contributed by atoms with Crippen molar-refractivity contribution in [3.8, 4) is 0 Å². The highest BCUT2D eigenvalue weighted by molar-refractivity contribution is 6.30. The largest absolute Gasteiger partial charge is 0.319 e. The van der Waals surface area contributed by atoms with Gasteiger partial charge in [-0.25, -0.2) is 9.97 Å². The van der Waals surface area contributed by atoms with Gasteiger partial charge < -0.3 is 5.73 Å². The fraction of sp³-hybridized carbons (Fsp3) is 0.429. The molecule has 0 aromatic carbocycles. The number of nitrogens with two attached hydrogens (primary N) is 1. The van der Waals surface area contributed by atoms with Gasteiger partial charge in [-0.1, -0.05) is 11.6 Å². The average molecular weight is 172 g/mol. The van der Waals surface area contributed by atoms with E-state index in [2.05, 4.69) is 9.97 Å². The minimum absolute atomic E-state index is 0.495. The molecule has 60 valence electrons. The second-order valence-electron chi connectivity index (χ2n) is 2.95. The Hall–Kier alpha value is -0.670. The molecule has 0 spiro atoms. The van der Waals surface area contributed by atoms with Crippen molar-refractivity contribution in [2.75, 3.05) is 0 Å². The second kappa shape index (κ2) is 2.75. The van der Waals surface area contributed by atoms with E-state index in [1.807, 2.05) is 13.8 Å². The summed E-state index contributed by atoms with van der Waals surface area (Å²) < 4.78 is 0. The first kappa shape index (κ1) is 8.43. The van der Waals surface area contributed by atoms with Crippen LogP contribution in [0.2, 0.25) is 5.02 Å². The van der Waals surface area contributed by atoms with E-state index in [0.717, 1.165) is 0 Å². The first-order valence-electron chi connectivity index (χ1n) is 3.27. The third-order valence-corrected chi connectivity index (χ3v) is 1.39. The Morgan fingerprint density at radius 1 is 1.36 bits per heavy atom. The fourth-order valence-corrected chi connectivity index (χ4v) is 0.743. The molecule has 11 heavy (non-hydrogen) atoms. The standard InChI is InChI=1S/C7H10ClN3/c1-7(2,9)6-10-3-5(8)4-11-6/h3-4H,9H2,1-2H3. The van der Waals surface area contributed by atoms with Crippen LogP contribution in [0, 0.1) is 0 Å². The zero-order valence-electron chi connectivity index (χ0n) is 6.50. The van der Waals surface area contributed by atoms with Crippen LogP contribution in [0.4, 0.5) is 0 Å². The lowest BCUT2D eigenvalue weighted by Gasteiger charge is -2.15. The Bertz CT molecular complexity index is 237. The van der Waals surface area contributed by atoms with Gasteiger partial charge in [0, 0.05) is 12.4 Å². The summed E-state index contributed by atoms with van der Waals surface area (Å²) >= 11 is 5.60. The molecule has 0 saturated heterocycles. The van der Waals surface area contributed by atoms with Gasteiger partial charge in [-0.3, -0.25) is 0 Å². The summed E-state index contributed by atoms with van der Waals surface area (Å²) in [5, 5.41) is 0.526. The maximum atomic E-state index is 5.74. The van der Waals surface area contributed by atoms with E-state index in [1.165, 1.54) is 0 Å². The van der Waals surface area contributed by atoms with Crippen molar-refractivity contribution >= 4 is 11.6 Å². The van der Waals surface area contributed by atoms with E-state index in [-0.39, 0.29) is 0 Å². The van der Waals surface area contributed by atoms with Gasteiger partial charge in [0.25, 0.3) is 0 Å². The first-order valence-corrected chi connectivity index (χ1v) is 3.65. The van der Waals surface area contributed by atoms with E-state index >= 15 is 0 Å². The Morgan fingerprint density at radius 2 is 1.82 bits per heavy atom. The molecule has 0 radical (unpaired) electrons. The summed E-state index contributed by atoms with van der Waals surface area (Å²) in [6, 6.07) is 0. The summed E-state index contributed by atoms with van der Waals surface area (Å²) in [6.07, 6.45) is 3.08. The van der Waals surface area contributed by atoms with E-state index < -0.39 is 5.54 Å². The van der Waals surface area contributed by atoms with Crippen LogP contribution < -0.4 is 5.73 Å². The Labute approximate surface area is 70.6 Å². The summed E-state index contributed by atoms with van der Waals surface area (Å²) in [6.45, 7) is 3.69. The highest BCUT2D eigenvalue weighted by atomic mass is 35.5. The zero-order valence-corrected chi connectivity index (χ0v) is 7.26. The van der Waals surface area contributed by atoms with Crippen molar-refractivity contribution in [1.29, 1.82) is 0 Å². The lowest BCUT2D eigenvalue weighted by molar-refractivity contribution is 0.514. The summed E-state index contributed by atoms with van der Waals surface area (Å²) in [7, 11) is 0. The van der Waals surface area contributed by atoms with Gasteiger partial charge in [0.1, 0.15) is 5.82 Å². The second-order valence-corrected chi connectivity index (χ2v) is 3.38. The van der Waals surface area contributed by atoms with E-state index in [1.54, 1.807) is 12.4 Å². The predicted molar refractivity (Wildman–Crippen MR) is 44.3 cm³/mol. The molecule has 0 atom stereocenters. The molecule has 3 nitrogen and oxygen atoms in total. The van der Waals surface area contributed by atoms with Crippen molar-refractivity contribution in [3.63, 3.8) is 0 Å². The van der Waals surface area contributed by atoms with Crippen molar-refractivity contribution in [1.82, 2.24) is 9.97 Å². The molecule has 0 amide bonds. The van der Waals surface area contributed by atoms with Gasteiger partial charge in [0.05, 0.1) is 10.6 Å². The van der Waals surface area contributed by atoms with Crippen molar-refractivity contribution < 1.29 is 0 Å². The van der Waals surface area contributed by atoms with E-state index in [4.69, 9.17) is 17.3 Å². The molecule has 0 aliphatic rings. The van der Waals surface area contributed by atoms with E-state index in [9.17, 15) is 0 Å². The molecule has 0 aliphatic heterocycles. The van der Waals surface area contributed by atoms with Gasteiger partial charge in [-0.15, -0.1) is 0 Å². The van der Waals surface area contributed by atoms with Crippen molar-refractivity contribution in [2.45, 2.75) is 19.4 Å². The minimum Gasteiger partial charge on any atom is -0.319 e. The van der Waals surface area contributed by atoms with Crippen LogP contribution in [0.25, 0.3) is 0 Å². The fourth-order valence-electron chi connectivity index (χ4n) is 0.645. The Kier molecular flexibility index (Phi) is 2.11. The third-order valence-electron chi connectivity index (χ3n) is 1.20. The molecular formula is C7H10ClN3. The SMILES string of the molecule is CC(C)(N)c1ncc(Cl)cn1. The quantitative estimate of drug-likeness (QED) is 0.694. The van der Waals surface area contributed by atoms with Gasteiger partial charge in [0.15, 0.2) is 0 Å². The zero-order chi connectivity index (χ0) is 8.48. The number of halogens is 1. The van der Waals surface area contributed by atoms with Crippen LogP contribution in [0.15, 0.2) is 12.4 Å². The molecule has 2 N–H and O–H groups in total. The molecule has 1 rings (SSSR count). The van der Waals surface area contributed by atoms with Crippen LogP contribution in [-0.2, 0) is 5.54 Å². The molecule has 1 heterocycles. The van der Waals surface area contributed by atoms with Gasteiger partial charge >= 0.3 is 0 Å². The number of hydrogen-bond donors (Lipinski definition) is 1. The van der Waals surface area contributed by atoms with Gasteiger partial charge in [-0.05, 0) is 13.8 Å². The topological polar surface area (TPSA) is 51.8 Å². The summed E-state index contributed by atoms with van der Waals surface area (Å²) in [4.78, 5) is 7.96. The third kappa shape index (κ3) is 2.13. The molecule has 0 bridgehead atoms. The lowest BCUT2D eigenvalue weighted by atomic mass is 10.1. The van der Waals surface area contributed by atoms with Crippen LogP contribution in [0.5, 0.6) is 0 Å². The number of aromatic nitrogens is 2. The van der Waals surface area contributed by atoms with Crippen LogP contribution in [0.3, 0.4) is 0 Å². The maximum Gasteiger partial charge on any atom is 0.147 e. The Balaban J connectivity index is 2.99. The van der Waals surface area contributed by atoms with Crippen molar-refractivity contribution in [2.24, 2.45) is 5.73 Å². The minimum atomic E-state index is -0.495. The molecule has 1 aromatic rings. The highest BCUT2D eigenvalue weighted by Gasteiger charge is 2.16. The normalized spacial score (nSPS) is 11.6. The highest BCUT2D eigenvalue weighted by Crippen LogP contribution is 2.12. The molecule has 0 fully saturated rings. The predicted octanol–water partition coefficient (Wildman–Crippen LogP) is 1.32. The molecule has 0 saturated carbocycles. The molecule has 0 aliphatic carbocycles. The monoisotopic (exact) mass is 171 g/mol. The van der Waals surface area contributed by atoms with Gasteiger partial charge in [0.2, 0.25) is 0 Å². The van der Waals surface area contributed by atoms with Crippen LogP contribution in [0.1, 0.15) is 19.7 Å². The first-order chi connectivity index (χ1) is 5.00. The average Bonchev–Trinajstić information content (AvgIpc) is 1.86. The van der Waals surface area contributed by atoms with Crippen LogP contribution in [-0.4, -0.2) is 9.97 Å². The summed E-state index contributed by atoms with van der Waals surface area (Å²) in [5.41, 5.74) is 5.24. The summed E-state index contributed by atoms with van der Waals surface area (Å²) in [5.74, 6) is 0.599. The lowest BCUT2D eigenvalue weighted by Crippen LogP contribution is -2.30. The van der Waals surface area contributed by atoms with Crippen molar-refractivity contribution in [3.05, 3.63) is 23.2 Å². The smallest absolute Gasteiger partial charge is 0.147 e. The maximum absolute atomic E-state index is 5.74. The number of hydrogen-bond acceptors (Lipinski definition) is 3. The molecule has 1 aromatic heterocycles. The van der Waals surface area contributed by atoms with Gasteiger partial charge in [-0.2, -0.15) is 0 Å². The number of nitrogens with zero attached hydrogens (tertiary/aromatic N) is 2.